The smallest absolute Gasteiger partial charge is 0.367 e. The van der Waals surface area contributed by atoms with Crippen molar-refractivity contribution in [3.05, 3.63) is 101 Å². The fraction of sp³-hybridized carbons (Fsp3) is 0.267. The minimum Gasteiger partial charge on any atom is -0.367 e. The third kappa shape index (κ3) is 6.58. The Labute approximate surface area is 215 Å². The van der Waals surface area contributed by atoms with E-state index in [2.05, 4.69) is 13.2 Å². The second-order valence-corrected chi connectivity index (χ2v) is 9.70. The molecule has 0 heterocycles. The molecule has 0 saturated heterocycles. The molecule has 3 rings (SSSR count). The summed E-state index contributed by atoms with van der Waals surface area (Å²) in [7, 11) is 1.79. The van der Waals surface area contributed by atoms with Crippen LogP contribution in [0, 0.1) is 0 Å². The first-order valence-corrected chi connectivity index (χ1v) is 12.0. The molecular formula is C30H30ClF4N. The van der Waals surface area contributed by atoms with E-state index in [4.69, 9.17) is 11.6 Å². The Morgan fingerprint density at radius 2 is 1.50 bits per heavy atom. The lowest BCUT2D eigenvalue weighted by Crippen LogP contribution is -2.26. The van der Waals surface area contributed by atoms with Gasteiger partial charge in [0, 0.05) is 29.7 Å². The summed E-state index contributed by atoms with van der Waals surface area (Å²) in [5.41, 5.74) is 3.68. The van der Waals surface area contributed by atoms with Crippen LogP contribution in [0.1, 0.15) is 55.0 Å². The van der Waals surface area contributed by atoms with Gasteiger partial charge in [-0.2, -0.15) is 13.2 Å². The molecule has 0 aliphatic carbocycles. The van der Waals surface area contributed by atoms with E-state index in [1.165, 1.54) is 13.8 Å². The van der Waals surface area contributed by atoms with Crippen molar-refractivity contribution in [2.75, 3.05) is 11.9 Å². The Morgan fingerprint density at radius 1 is 0.889 bits per heavy atom. The molecule has 6 heteroatoms. The van der Waals surface area contributed by atoms with Gasteiger partial charge in [-0.1, -0.05) is 79.4 Å². The predicted molar refractivity (Wildman–Crippen MR) is 144 cm³/mol. The van der Waals surface area contributed by atoms with Crippen LogP contribution < -0.4 is 4.90 Å². The first-order chi connectivity index (χ1) is 16.8. The zero-order valence-electron chi connectivity index (χ0n) is 20.7. The normalized spacial score (nSPS) is 12.8. The maximum Gasteiger partial charge on any atom is 0.389 e. The summed E-state index contributed by atoms with van der Waals surface area (Å²) in [5.74, 6) is 0. The Morgan fingerprint density at radius 3 is 2.03 bits per heavy atom. The third-order valence-corrected chi connectivity index (χ3v) is 6.61. The molecule has 1 atom stereocenters. The van der Waals surface area contributed by atoms with E-state index in [-0.39, 0.29) is 6.42 Å². The molecule has 0 aliphatic rings. The number of benzene rings is 3. The molecule has 1 nitrogen and oxygen atoms in total. The number of anilines is 1. The predicted octanol–water partition coefficient (Wildman–Crippen LogP) is 10.0. The molecule has 1 unspecified atom stereocenters. The van der Waals surface area contributed by atoms with Gasteiger partial charge in [-0.05, 0) is 66.3 Å². The van der Waals surface area contributed by atoms with E-state index in [1.807, 2.05) is 47.4 Å². The fourth-order valence-electron chi connectivity index (χ4n) is 4.30. The van der Waals surface area contributed by atoms with Gasteiger partial charge in [-0.15, -0.1) is 0 Å². The van der Waals surface area contributed by atoms with E-state index < -0.39 is 24.3 Å². The molecule has 0 radical (unpaired) electrons. The fourth-order valence-corrected chi connectivity index (χ4v) is 4.71. The van der Waals surface area contributed by atoms with E-state index in [1.54, 1.807) is 37.4 Å². The summed E-state index contributed by atoms with van der Waals surface area (Å²) in [6.45, 7) is 10.6. The number of nitrogens with zero attached hydrogens (tertiary/aromatic N) is 1. The second-order valence-electron chi connectivity index (χ2n) is 9.30. The molecule has 0 N–H and O–H groups in total. The maximum absolute atomic E-state index is 14.4. The van der Waals surface area contributed by atoms with Gasteiger partial charge in [0.05, 0.1) is 6.04 Å². The molecule has 0 bridgehead atoms. The Bertz CT molecular complexity index is 1220. The largest absolute Gasteiger partial charge is 0.389 e. The molecule has 0 aromatic heterocycles. The average Bonchev–Trinajstić information content (AvgIpc) is 2.82. The lowest BCUT2D eigenvalue weighted by molar-refractivity contribution is -0.136. The molecule has 3 aromatic carbocycles. The van der Waals surface area contributed by atoms with Crippen LogP contribution in [-0.4, -0.2) is 13.2 Å². The van der Waals surface area contributed by atoms with Gasteiger partial charge < -0.3 is 4.90 Å². The molecule has 190 valence electrons. The average molecular weight is 516 g/mol. The van der Waals surface area contributed by atoms with Gasteiger partial charge in [0.15, 0.2) is 0 Å². The summed E-state index contributed by atoms with van der Waals surface area (Å²) in [5, 5.41) is 0.330. The highest BCUT2D eigenvalue weighted by molar-refractivity contribution is 6.31. The van der Waals surface area contributed by atoms with Crippen molar-refractivity contribution >= 4 is 29.4 Å². The molecule has 0 amide bonds. The molecule has 0 saturated carbocycles. The summed E-state index contributed by atoms with van der Waals surface area (Å²) in [6.07, 6.45) is -1.88. The van der Waals surface area contributed by atoms with Crippen LogP contribution in [0.2, 0.25) is 5.02 Å². The van der Waals surface area contributed by atoms with E-state index in [9.17, 15) is 17.6 Å². The molecule has 0 aliphatic heterocycles. The summed E-state index contributed by atoms with van der Waals surface area (Å²) in [6, 6.07) is 17.7. The number of alkyl halides is 4. The first kappa shape index (κ1) is 27.5. The first-order valence-electron chi connectivity index (χ1n) is 11.6. The summed E-state index contributed by atoms with van der Waals surface area (Å²) in [4.78, 5) is 1.86. The van der Waals surface area contributed by atoms with Crippen molar-refractivity contribution in [2.45, 2.75) is 44.6 Å². The molecule has 3 aromatic rings. The summed E-state index contributed by atoms with van der Waals surface area (Å²) < 4.78 is 53.9. The zero-order chi connectivity index (χ0) is 26.7. The number of halogens is 5. The Hall–Kier alpha value is -3.05. The van der Waals surface area contributed by atoms with Crippen molar-refractivity contribution in [1.29, 1.82) is 0 Å². The van der Waals surface area contributed by atoms with Gasteiger partial charge in [0.25, 0.3) is 0 Å². The topological polar surface area (TPSA) is 3.24 Å². The zero-order valence-corrected chi connectivity index (χ0v) is 21.4. The molecule has 0 spiro atoms. The van der Waals surface area contributed by atoms with Crippen LogP contribution in [0.15, 0.2) is 73.8 Å². The van der Waals surface area contributed by atoms with E-state index in [0.717, 1.165) is 33.5 Å². The van der Waals surface area contributed by atoms with Crippen LogP contribution in [0.3, 0.4) is 0 Å². The maximum atomic E-state index is 14.4. The lowest BCUT2D eigenvalue weighted by Gasteiger charge is -2.32. The minimum atomic E-state index is -4.26. The van der Waals surface area contributed by atoms with Crippen LogP contribution >= 0.6 is 11.6 Å². The van der Waals surface area contributed by atoms with Crippen molar-refractivity contribution in [1.82, 2.24) is 0 Å². The van der Waals surface area contributed by atoms with Crippen LogP contribution in [0.25, 0.3) is 23.3 Å². The summed E-state index contributed by atoms with van der Waals surface area (Å²) >= 11 is 6.36. The Balaban J connectivity index is 1.99. The molecule has 36 heavy (non-hydrogen) atoms. The SMILES string of the molecule is C=Cc1ccc(C(CCC(F)(F)F)N(C)c2ccc(-c3ccc(C(C)(C)F)c(Cl)c3)cc2C=C)cc1. The number of hydrogen-bond acceptors (Lipinski definition) is 1. The second kappa shape index (κ2) is 10.9. The molecular weight excluding hydrogens is 486 g/mol. The third-order valence-electron chi connectivity index (χ3n) is 6.30. The van der Waals surface area contributed by atoms with Gasteiger partial charge >= 0.3 is 6.18 Å². The monoisotopic (exact) mass is 515 g/mol. The van der Waals surface area contributed by atoms with Crippen molar-refractivity contribution in [3.63, 3.8) is 0 Å². The van der Waals surface area contributed by atoms with Gasteiger partial charge in [0.1, 0.15) is 5.67 Å². The van der Waals surface area contributed by atoms with Crippen LogP contribution in [-0.2, 0) is 5.67 Å². The minimum absolute atomic E-state index is 0.0954. The standard InChI is InChI=1S/C30H30ClF4N/c1-6-20-8-10-22(11-9-20)28(16-17-30(33,34)35)36(5)27-15-13-23(18-21(27)7-2)24-12-14-25(26(31)19-24)29(3,4)32/h6-15,18-19,28H,1-2,16-17H2,3-5H3. The number of hydrogen-bond donors (Lipinski definition) is 0. The van der Waals surface area contributed by atoms with Crippen molar-refractivity contribution in [2.24, 2.45) is 0 Å². The van der Waals surface area contributed by atoms with Gasteiger partial charge in [0.2, 0.25) is 0 Å². The Kier molecular flexibility index (Phi) is 8.35. The highest BCUT2D eigenvalue weighted by Crippen LogP contribution is 2.38. The van der Waals surface area contributed by atoms with Gasteiger partial charge in [-0.25, -0.2) is 4.39 Å². The quantitative estimate of drug-likeness (QED) is 0.256. The molecule has 0 fully saturated rings. The highest BCUT2D eigenvalue weighted by atomic mass is 35.5. The van der Waals surface area contributed by atoms with E-state index >= 15 is 0 Å². The van der Waals surface area contributed by atoms with Crippen LogP contribution in [0.4, 0.5) is 23.2 Å². The highest BCUT2D eigenvalue weighted by Gasteiger charge is 2.30. The van der Waals surface area contributed by atoms with Crippen LogP contribution in [0.5, 0.6) is 0 Å². The van der Waals surface area contributed by atoms with Crippen molar-refractivity contribution < 1.29 is 17.6 Å². The lowest BCUT2D eigenvalue weighted by atomic mass is 9.94. The van der Waals surface area contributed by atoms with E-state index in [0.29, 0.717) is 10.6 Å². The van der Waals surface area contributed by atoms with Crippen molar-refractivity contribution in [3.8, 4) is 11.1 Å². The number of rotatable bonds is 9. The van der Waals surface area contributed by atoms with Gasteiger partial charge in [-0.3, -0.25) is 0 Å².